The van der Waals surface area contributed by atoms with E-state index in [9.17, 15) is 4.79 Å². The molecule has 0 aromatic heterocycles. The van der Waals surface area contributed by atoms with Crippen LogP contribution >= 0.6 is 0 Å². The molecule has 4 heteroatoms. The monoisotopic (exact) mass is 242 g/mol. The van der Waals surface area contributed by atoms with Gasteiger partial charge in [-0.05, 0) is 45.3 Å². The highest BCUT2D eigenvalue weighted by Crippen LogP contribution is 2.10. The first-order valence-corrected chi connectivity index (χ1v) is 6.92. The van der Waals surface area contributed by atoms with Crippen molar-refractivity contribution in [2.24, 2.45) is 0 Å². The SMILES string of the molecule is CCCNC(CCN1CCCCCC1)C(=O)O. The predicted octanol–water partition coefficient (Wildman–Crippen LogP) is 1.71. The molecule has 1 atom stereocenters. The van der Waals surface area contributed by atoms with Crippen molar-refractivity contribution < 1.29 is 9.90 Å². The number of hydrogen-bond donors (Lipinski definition) is 2. The van der Waals surface area contributed by atoms with Gasteiger partial charge in [-0.3, -0.25) is 4.79 Å². The van der Waals surface area contributed by atoms with Crippen LogP contribution in [-0.2, 0) is 4.79 Å². The van der Waals surface area contributed by atoms with Gasteiger partial charge >= 0.3 is 5.97 Å². The topological polar surface area (TPSA) is 52.6 Å². The third kappa shape index (κ3) is 6.03. The van der Waals surface area contributed by atoms with Crippen LogP contribution in [0.3, 0.4) is 0 Å². The first-order chi connectivity index (χ1) is 8.24. The van der Waals surface area contributed by atoms with Gasteiger partial charge in [0.2, 0.25) is 0 Å². The van der Waals surface area contributed by atoms with Crippen LogP contribution in [0, 0.1) is 0 Å². The van der Waals surface area contributed by atoms with Gasteiger partial charge in [-0.15, -0.1) is 0 Å². The molecule has 4 nitrogen and oxygen atoms in total. The number of carbonyl (C=O) groups is 1. The lowest BCUT2D eigenvalue weighted by molar-refractivity contribution is -0.139. The molecule has 0 aromatic rings. The van der Waals surface area contributed by atoms with Crippen LogP contribution in [0.1, 0.15) is 45.4 Å². The lowest BCUT2D eigenvalue weighted by Crippen LogP contribution is -2.40. The molecule has 0 amide bonds. The maximum absolute atomic E-state index is 11.1. The van der Waals surface area contributed by atoms with E-state index in [0.29, 0.717) is 0 Å². The van der Waals surface area contributed by atoms with Crippen molar-refractivity contribution in [2.45, 2.75) is 51.5 Å². The molecule has 1 fully saturated rings. The predicted molar refractivity (Wildman–Crippen MR) is 69.2 cm³/mol. The number of hydrogen-bond acceptors (Lipinski definition) is 3. The van der Waals surface area contributed by atoms with E-state index >= 15 is 0 Å². The van der Waals surface area contributed by atoms with Gasteiger partial charge in [0.25, 0.3) is 0 Å². The number of aliphatic carboxylic acids is 1. The van der Waals surface area contributed by atoms with Gasteiger partial charge < -0.3 is 15.3 Å². The Morgan fingerprint density at radius 1 is 1.29 bits per heavy atom. The molecule has 0 aromatic carbocycles. The molecule has 1 rings (SSSR count). The normalized spacial score (nSPS) is 19.8. The lowest BCUT2D eigenvalue weighted by Gasteiger charge is -2.22. The van der Waals surface area contributed by atoms with Crippen molar-refractivity contribution in [3.8, 4) is 0 Å². The van der Waals surface area contributed by atoms with Crippen LogP contribution in [0.25, 0.3) is 0 Å². The number of nitrogens with zero attached hydrogens (tertiary/aromatic N) is 1. The van der Waals surface area contributed by atoms with Crippen molar-refractivity contribution in [3.05, 3.63) is 0 Å². The maximum atomic E-state index is 11.1. The van der Waals surface area contributed by atoms with E-state index < -0.39 is 5.97 Å². The summed E-state index contributed by atoms with van der Waals surface area (Å²) in [7, 11) is 0. The standard InChI is InChI=1S/C13H26N2O2/c1-2-8-14-12(13(16)17)7-11-15-9-5-3-4-6-10-15/h12,14H,2-11H2,1H3,(H,16,17). The molecule has 1 aliphatic heterocycles. The Hall–Kier alpha value is -0.610. The third-order valence-electron chi connectivity index (χ3n) is 3.37. The maximum Gasteiger partial charge on any atom is 0.320 e. The average molecular weight is 242 g/mol. The average Bonchev–Trinajstić information content (AvgIpc) is 2.57. The molecule has 0 spiro atoms. The molecule has 0 bridgehead atoms. The number of likely N-dealkylation sites (tertiary alicyclic amines) is 1. The lowest BCUT2D eigenvalue weighted by atomic mass is 10.2. The molecule has 1 unspecified atom stereocenters. The summed E-state index contributed by atoms with van der Waals surface area (Å²) in [6, 6.07) is -0.377. The van der Waals surface area contributed by atoms with Crippen molar-refractivity contribution in [1.82, 2.24) is 10.2 Å². The first kappa shape index (κ1) is 14.5. The van der Waals surface area contributed by atoms with Crippen LogP contribution in [0.4, 0.5) is 0 Å². The zero-order chi connectivity index (χ0) is 12.5. The summed E-state index contributed by atoms with van der Waals surface area (Å²) in [5, 5.41) is 12.2. The summed E-state index contributed by atoms with van der Waals surface area (Å²) in [5.74, 6) is -0.715. The molecule has 17 heavy (non-hydrogen) atoms. The second-order valence-corrected chi connectivity index (χ2v) is 4.89. The molecular weight excluding hydrogens is 216 g/mol. The number of carboxylic acids is 1. The van der Waals surface area contributed by atoms with Crippen molar-refractivity contribution >= 4 is 5.97 Å². The zero-order valence-corrected chi connectivity index (χ0v) is 11.0. The minimum Gasteiger partial charge on any atom is -0.480 e. The Morgan fingerprint density at radius 3 is 2.47 bits per heavy atom. The summed E-state index contributed by atoms with van der Waals surface area (Å²) in [6.45, 7) is 6.03. The number of nitrogens with one attached hydrogen (secondary N) is 1. The van der Waals surface area contributed by atoms with E-state index in [1.165, 1.54) is 25.7 Å². The van der Waals surface area contributed by atoms with Crippen LogP contribution in [0.5, 0.6) is 0 Å². The molecule has 2 N–H and O–H groups in total. The van der Waals surface area contributed by atoms with E-state index in [0.717, 1.165) is 39.0 Å². The Labute approximate surface area is 104 Å². The van der Waals surface area contributed by atoms with E-state index in [1.54, 1.807) is 0 Å². The highest BCUT2D eigenvalue weighted by molar-refractivity contribution is 5.73. The van der Waals surface area contributed by atoms with Crippen molar-refractivity contribution in [1.29, 1.82) is 0 Å². The molecule has 1 saturated heterocycles. The summed E-state index contributed by atoms with van der Waals surface area (Å²) >= 11 is 0. The highest BCUT2D eigenvalue weighted by atomic mass is 16.4. The second kappa shape index (κ2) is 8.48. The van der Waals surface area contributed by atoms with Crippen LogP contribution in [0.2, 0.25) is 0 Å². The van der Waals surface area contributed by atoms with Crippen molar-refractivity contribution in [3.63, 3.8) is 0 Å². The van der Waals surface area contributed by atoms with E-state index in [-0.39, 0.29) is 6.04 Å². The first-order valence-electron chi connectivity index (χ1n) is 6.92. The third-order valence-corrected chi connectivity index (χ3v) is 3.37. The Morgan fingerprint density at radius 2 is 1.94 bits per heavy atom. The molecule has 1 heterocycles. The molecule has 1 aliphatic rings. The van der Waals surface area contributed by atoms with Crippen LogP contribution in [-0.4, -0.2) is 48.2 Å². The van der Waals surface area contributed by atoms with Crippen LogP contribution in [0.15, 0.2) is 0 Å². The largest absolute Gasteiger partial charge is 0.480 e. The van der Waals surface area contributed by atoms with E-state index in [1.807, 2.05) is 0 Å². The Balaban J connectivity index is 2.26. The van der Waals surface area contributed by atoms with Gasteiger partial charge in [0.1, 0.15) is 6.04 Å². The highest BCUT2D eigenvalue weighted by Gasteiger charge is 2.18. The van der Waals surface area contributed by atoms with Gasteiger partial charge in [0.05, 0.1) is 0 Å². The summed E-state index contributed by atoms with van der Waals surface area (Å²) < 4.78 is 0. The second-order valence-electron chi connectivity index (χ2n) is 4.89. The van der Waals surface area contributed by atoms with Gasteiger partial charge in [0.15, 0.2) is 0 Å². The zero-order valence-electron chi connectivity index (χ0n) is 11.0. The molecule has 0 saturated carbocycles. The summed E-state index contributed by atoms with van der Waals surface area (Å²) in [4.78, 5) is 13.5. The van der Waals surface area contributed by atoms with E-state index in [2.05, 4.69) is 17.1 Å². The Bertz CT molecular complexity index is 213. The fourth-order valence-corrected chi connectivity index (χ4v) is 2.30. The molecule has 100 valence electrons. The van der Waals surface area contributed by atoms with Crippen molar-refractivity contribution in [2.75, 3.05) is 26.2 Å². The minimum absolute atomic E-state index is 0.377. The Kier molecular flexibility index (Phi) is 7.21. The molecular formula is C13H26N2O2. The summed E-state index contributed by atoms with van der Waals surface area (Å²) in [6.07, 6.45) is 6.88. The molecule has 0 radical (unpaired) electrons. The van der Waals surface area contributed by atoms with Gasteiger partial charge in [-0.2, -0.15) is 0 Å². The van der Waals surface area contributed by atoms with Crippen LogP contribution < -0.4 is 5.32 Å². The number of rotatable bonds is 7. The number of carboxylic acid groups (broad SMARTS) is 1. The van der Waals surface area contributed by atoms with E-state index in [4.69, 9.17) is 5.11 Å². The quantitative estimate of drug-likeness (QED) is 0.713. The minimum atomic E-state index is -0.715. The fraction of sp³-hybridized carbons (Fsp3) is 0.923. The van der Waals surface area contributed by atoms with Gasteiger partial charge in [-0.25, -0.2) is 0 Å². The summed E-state index contributed by atoms with van der Waals surface area (Å²) in [5.41, 5.74) is 0. The van der Waals surface area contributed by atoms with Gasteiger partial charge in [-0.1, -0.05) is 19.8 Å². The van der Waals surface area contributed by atoms with Gasteiger partial charge in [0, 0.05) is 6.54 Å². The smallest absolute Gasteiger partial charge is 0.320 e. The molecule has 0 aliphatic carbocycles. The fourth-order valence-electron chi connectivity index (χ4n) is 2.30.